The number of hydrogen-bond acceptors (Lipinski definition) is 2. The molecule has 0 aliphatic heterocycles. The molecule has 0 aromatic carbocycles. The average molecular weight is 441 g/mol. The van der Waals surface area contributed by atoms with E-state index in [0.717, 1.165) is 62.4 Å². The molecule has 2 nitrogen and oxygen atoms in total. The Bertz CT molecular complexity index is 791. The van der Waals surface area contributed by atoms with E-state index >= 15 is 0 Å². The Hall–Kier alpha value is -0.890. The Morgan fingerprint density at radius 1 is 1.09 bits per heavy atom. The van der Waals surface area contributed by atoms with Crippen LogP contribution in [0.15, 0.2) is 23.3 Å². The quantitative estimate of drug-likeness (QED) is 0.434. The minimum Gasteiger partial charge on any atom is -0.389 e. The lowest BCUT2D eigenvalue weighted by molar-refractivity contribution is -0.121. The molecule has 0 amide bonds. The van der Waals surface area contributed by atoms with Crippen molar-refractivity contribution in [2.24, 2.45) is 46.3 Å². The van der Waals surface area contributed by atoms with E-state index in [1.165, 1.54) is 24.8 Å². The second-order valence-corrected chi connectivity index (χ2v) is 12.8. The second kappa shape index (κ2) is 8.71. The summed E-state index contributed by atoms with van der Waals surface area (Å²) in [7, 11) is 0. The van der Waals surface area contributed by atoms with Gasteiger partial charge in [-0.1, -0.05) is 72.1 Å². The largest absolute Gasteiger partial charge is 0.389 e. The fraction of sp³-hybridized carbons (Fsp3) is 0.833. The molecule has 180 valence electrons. The van der Waals surface area contributed by atoms with Crippen LogP contribution in [0.5, 0.6) is 0 Å². The van der Waals surface area contributed by atoms with Crippen molar-refractivity contribution in [3.05, 3.63) is 23.3 Å². The number of allylic oxidation sites excluding steroid dienone is 2. The predicted molar refractivity (Wildman–Crippen MR) is 133 cm³/mol. The molecule has 0 radical (unpaired) electrons. The first-order chi connectivity index (χ1) is 15.0. The van der Waals surface area contributed by atoms with Crippen LogP contribution in [0.1, 0.15) is 106 Å². The molecule has 0 saturated heterocycles. The molecule has 2 saturated carbocycles. The van der Waals surface area contributed by atoms with Crippen LogP contribution in [0.4, 0.5) is 0 Å². The molecular weight excluding hydrogens is 392 g/mol. The molecule has 32 heavy (non-hydrogen) atoms. The highest BCUT2D eigenvalue weighted by Crippen LogP contribution is 2.65. The Morgan fingerprint density at radius 2 is 1.81 bits per heavy atom. The summed E-state index contributed by atoms with van der Waals surface area (Å²) < 4.78 is 0. The Labute approximate surface area is 197 Å². The lowest BCUT2D eigenvalue weighted by Crippen LogP contribution is -2.47. The molecule has 0 bridgehead atoms. The van der Waals surface area contributed by atoms with E-state index in [4.69, 9.17) is 0 Å². The minimum atomic E-state index is -0.333. The third-order valence-electron chi connectivity index (χ3n) is 11.0. The van der Waals surface area contributed by atoms with Crippen LogP contribution in [0.3, 0.4) is 0 Å². The highest BCUT2D eigenvalue weighted by molar-refractivity contribution is 5.88. The van der Waals surface area contributed by atoms with Crippen molar-refractivity contribution in [1.29, 1.82) is 0 Å². The van der Waals surface area contributed by atoms with Crippen LogP contribution in [-0.2, 0) is 4.79 Å². The monoisotopic (exact) mass is 440 g/mol. The molecule has 4 rings (SSSR count). The molecule has 2 heteroatoms. The van der Waals surface area contributed by atoms with Gasteiger partial charge in [-0.3, -0.25) is 4.79 Å². The predicted octanol–water partition coefficient (Wildman–Crippen LogP) is 7.51. The van der Waals surface area contributed by atoms with E-state index in [9.17, 15) is 9.90 Å². The topological polar surface area (TPSA) is 37.3 Å². The summed E-state index contributed by atoms with van der Waals surface area (Å²) in [5.74, 6) is 3.80. The van der Waals surface area contributed by atoms with Gasteiger partial charge in [0.15, 0.2) is 0 Å². The molecule has 0 heterocycles. The van der Waals surface area contributed by atoms with Crippen LogP contribution < -0.4 is 0 Å². The van der Waals surface area contributed by atoms with Crippen LogP contribution in [-0.4, -0.2) is 17.0 Å². The Balaban J connectivity index is 1.58. The van der Waals surface area contributed by atoms with Crippen molar-refractivity contribution >= 4 is 5.78 Å². The third-order valence-corrected chi connectivity index (χ3v) is 11.0. The number of aliphatic hydroxyl groups excluding tert-OH is 1. The molecule has 2 fully saturated rings. The van der Waals surface area contributed by atoms with E-state index in [1.54, 1.807) is 5.57 Å². The first-order valence-electron chi connectivity index (χ1n) is 13.7. The number of carbonyl (C=O) groups is 1. The zero-order valence-corrected chi connectivity index (χ0v) is 21.7. The Kier molecular flexibility index (Phi) is 6.60. The fourth-order valence-corrected chi connectivity index (χ4v) is 8.89. The summed E-state index contributed by atoms with van der Waals surface area (Å²) in [6.45, 7) is 18.7. The average Bonchev–Trinajstić information content (AvgIpc) is 3.02. The zero-order chi connectivity index (χ0) is 23.4. The van der Waals surface area contributed by atoms with Crippen molar-refractivity contribution in [2.45, 2.75) is 112 Å². The highest BCUT2D eigenvalue weighted by atomic mass is 16.3. The molecule has 1 unspecified atom stereocenters. The molecule has 4 aliphatic rings. The number of ketones is 1. The lowest BCUT2D eigenvalue weighted by Gasteiger charge is -2.55. The van der Waals surface area contributed by atoms with Gasteiger partial charge in [-0.2, -0.15) is 0 Å². The van der Waals surface area contributed by atoms with Gasteiger partial charge < -0.3 is 5.11 Å². The van der Waals surface area contributed by atoms with Gasteiger partial charge in [0.1, 0.15) is 5.78 Å². The van der Waals surface area contributed by atoms with Crippen molar-refractivity contribution in [2.75, 3.05) is 0 Å². The lowest BCUT2D eigenvalue weighted by atomic mass is 9.49. The summed E-state index contributed by atoms with van der Waals surface area (Å²) in [5, 5.41) is 10.4. The maximum absolute atomic E-state index is 13.6. The van der Waals surface area contributed by atoms with Crippen LogP contribution in [0.2, 0.25) is 0 Å². The van der Waals surface area contributed by atoms with Crippen LogP contribution >= 0.6 is 0 Å². The van der Waals surface area contributed by atoms with E-state index < -0.39 is 0 Å². The maximum atomic E-state index is 13.6. The summed E-state index contributed by atoms with van der Waals surface area (Å²) in [6, 6.07) is 0. The summed E-state index contributed by atoms with van der Waals surface area (Å²) in [6.07, 6.45) is 10.6. The Morgan fingerprint density at radius 3 is 2.47 bits per heavy atom. The van der Waals surface area contributed by atoms with E-state index in [-0.39, 0.29) is 22.9 Å². The van der Waals surface area contributed by atoms with Crippen molar-refractivity contribution < 1.29 is 9.90 Å². The number of aliphatic hydroxyl groups is 1. The van der Waals surface area contributed by atoms with Gasteiger partial charge in [0.25, 0.3) is 0 Å². The fourth-order valence-electron chi connectivity index (χ4n) is 8.89. The number of fused-ring (bicyclic) bond motifs is 4. The zero-order valence-electron chi connectivity index (χ0n) is 21.7. The van der Waals surface area contributed by atoms with Crippen molar-refractivity contribution in [3.8, 4) is 0 Å². The highest BCUT2D eigenvalue weighted by Gasteiger charge is 2.59. The van der Waals surface area contributed by atoms with Gasteiger partial charge in [0, 0.05) is 12.3 Å². The molecule has 1 N–H and O–H groups in total. The van der Waals surface area contributed by atoms with Crippen LogP contribution in [0.25, 0.3) is 0 Å². The molecular formula is C30H48O2. The standard InChI is InChI=1S/C30H48O2/c1-8-21(18(2)3)10-9-19(4)25-17-27(32)28-22-11-12-23-20(5)26(31)14-16-29(23,6)24(22)13-15-30(25,28)7/h18-19,21,23,25-26,28,31H,5,8-17H2,1-4,6-7H3/t19-,21+,23+,25-,26+,28?,29+,30-/m1/s1. The van der Waals surface area contributed by atoms with E-state index in [1.807, 2.05) is 0 Å². The second-order valence-electron chi connectivity index (χ2n) is 12.8. The van der Waals surface area contributed by atoms with Gasteiger partial charge in [-0.25, -0.2) is 0 Å². The van der Waals surface area contributed by atoms with Crippen LogP contribution in [0, 0.1) is 46.3 Å². The summed E-state index contributed by atoms with van der Waals surface area (Å²) in [4.78, 5) is 13.6. The van der Waals surface area contributed by atoms with Gasteiger partial charge >= 0.3 is 0 Å². The number of rotatable bonds is 6. The third kappa shape index (κ3) is 3.68. The van der Waals surface area contributed by atoms with Crippen molar-refractivity contribution in [1.82, 2.24) is 0 Å². The van der Waals surface area contributed by atoms with Gasteiger partial charge in [-0.15, -0.1) is 0 Å². The molecule has 0 spiro atoms. The number of Topliss-reactive ketones (excluding diaryl/α,β-unsaturated/α-hetero) is 1. The van der Waals surface area contributed by atoms with E-state index in [2.05, 4.69) is 48.1 Å². The first-order valence-corrected chi connectivity index (χ1v) is 13.7. The van der Waals surface area contributed by atoms with Crippen molar-refractivity contribution in [3.63, 3.8) is 0 Å². The van der Waals surface area contributed by atoms with Gasteiger partial charge in [-0.05, 0) is 90.9 Å². The molecule has 4 aliphatic carbocycles. The number of hydrogen-bond donors (Lipinski definition) is 1. The smallest absolute Gasteiger partial charge is 0.140 e. The molecule has 0 aromatic rings. The summed E-state index contributed by atoms with van der Waals surface area (Å²) >= 11 is 0. The SMILES string of the molecule is C=C1[C@@H](O)CC[C@]2(C)C3=C(CC[C@@H]12)C1C(=O)C[C@H]([C@H](C)CC[C@H](CC)C(C)C)[C@@]1(C)CC3. The summed E-state index contributed by atoms with van der Waals surface area (Å²) in [5.41, 5.74) is 4.43. The number of carbonyl (C=O) groups excluding carboxylic acids is 1. The first kappa shape index (κ1) is 24.2. The molecule has 0 aromatic heterocycles. The van der Waals surface area contributed by atoms with E-state index in [0.29, 0.717) is 23.5 Å². The maximum Gasteiger partial charge on any atom is 0.140 e. The molecule has 8 atom stereocenters. The van der Waals surface area contributed by atoms with Gasteiger partial charge in [0.2, 0.25) is 0 Å². The normalized spacial score (nSPS) is 41.4. The van der Waals surface area contributed by atoms with Gasteiger partial charge in [0.05, 0.1) is 6.10 Å². The minimum absolute atomic E-state index is 0.112.